The van der Waals surface area contributed by atoms with Crippen LogP contribution in [0.2, 0.25) is 0 Å². The van der Waals surface area contributed by atoms with Crippen LogP contribution < -0.4 is 16.6 Å². The molecule has 0 bridgehead atoms. The van der Waals surface area contributed by atoms with Gasteiger partial charge in [0, 0.05) is 19.6 Å². The number of nitrogens with one attached hydrogen (secondary N) is 1. The van der Waals surface area contributed by atoms with Gasteiger partial charge < -0.3 is 19.7 Å². The van der Waals surface area contributed by atoms with Crippen molar-refractivity contribution < 1.29 is 19.1 Å². The van der Waals surface area contributed by atoms with Crippen LogP contribution in [0.15, 0.2) is 94.5 Å². The third-order valence-corrected chi connectivity index (χ3v) is 8.27. The number of hydrogen-bond acceptors (Lipinski definition) is 7. The summed E-state index contributed by atoms with van der Waals surface area (Å²) in [5.74, 6) is -1.24. The molecule has 1 aliphatic rings. The number of methoxy groups -OCH3 is 1. The number of carbonyl (C=O) groups is 2. The number of rotatable bonds is 13. The van der Waals surface area contributed by atoms with E-state index in [-0.39, 0.29) is 31.2 Å². The number of aromatic nitrogens is 2. The van der Waals surface area contributed by atoms with E-state index in [9.17, 15) is 19.2 Å². The number of hydrogen-bond donors (Lipinski definition) is 1. The fraction of sp³-hybridized carbons (Fsp3) is 0.371. The molecule has 10 nitrogen and oxygen atoms in total. The molecule has 1 aromatic heterocycles. The second-order valence-electron chi connectivity index (χ2n) is 11.3. The van der Waals surface area contributed by atoms with Gasteiger partial charge in [-0.3, -0.25) is 23.5 Å². The van der Waals surface area contributed by atoms with Gasteiger partial charge in [0.25, 0.3) is 5.56 Å². The van der Waals surface area contributed by atoms with Gasteiger partial charge in [0.1, 0.15) is 19.2 Å². The Morgan fingerprint density at radius 1 is 0.826 bits per heavy atom. The monoisotopic (exact) mass is 648 g/mol. The number of benzene rings is 3. The highest BCUT2D eigenvalue weighted by Gasteiger charge is 2.25. The Kier molecular flexibility index (Phi) is 12.7. The molecule has 1 amide bonds. The molecule has 11 heteroatoms. The first-order valence-corrected chi connectivity index (χ1v) is 15.5. The molecule has 0 saturated carbocycles. The summed E-state index contributed by atoms with van der Waals surface area (Å²) in [5, 5.41) is 2.75. The van der Waals surface area contributed by atoms with Crippen LogP contribution in [0.5, 0.6) is 0 Å². The first kappa shape index (κ1) is 34.6. The minimum absolute atomic E-state index is 0. The van der Waals surface area contributed by atoms with Crippen molar-refractivity contribution in [3.8, 4) is 0 Å². The number of ether oxygens (including phenoxy) is 2. The number of amides is 1. The molecule has 1 fully saturated rings. The number of halogens is 1. The maximum absolute atomic E-state index is 13.4. The van der Waals surface area contributed by atoms with Gasteiger partial charge in [0.2, 0.25) is 5.91 Å². The Morgan fingerprint density at radius 2 is 1.41 bits per heavy atom. The van der Waals surface area contributed by atoms with Crippen molar-refractivity contribution in [2.24, 2.45) is 0 Å². The summed E-state index contributed by atoms with van der Waals surface area (Å²) >= 11 is 0. The normalized spacial score (nSPS) is 13.8. The van der Waals surface area contributed by atoms with E-state index in [1.165, 1.54) is 7.11 Å². The summed E-state index contributed by atoms with van der Waals surface area (Å²) in [6.07, 6.45) is 3.58. The van der Waals surface area contributed by atoms with Crippen molar-refractivity contribution in [3.63, 3.8) is 0 Å². The number of fused-ring (bicyclic) bond motifs is 1. The van der Waals surface area contributed by atoms with Crippen molar-refractivity contribution >= 4 is 35.2 Å². The zero-order valence-electron chi connectivity index (χ0n) is 26.0. The lowest BCUT2D eigenvalue weighted by molar-refractivity contribution is -0.141. The van der Waals surface area contributed by atoms with E-state index in [1.54, 1.807) is 28.8 Å². The van der Waals surface area contributed by atoms with Crippen molar-refractivity contribution in [2.75, 3.05) is 33.3 Å². The molecule has 46 heavy (non-hydrogen) atoms. The molecule has 4 aromatic rings. The van der Waals surface area contributed by atoms with Crippen LogP contribution in [0.25, 0.3) is 10.9 Å². The maximum Gasteiger partial charge on any atom is 0.331 e. The first-order chi connectivity index (χ1) is 21.9. The van der Waals surface area contributed by atoms with Crippen LogP contribution in [-0.4, -0.2) is 65.3 Å². The highest BCUT2D eigenvalue weighted by Crippen LogP contribution is 2.30. The molecule has 0 unspecified atom stereocenters. The van der Waals surface area contributed by atoms with Gasteiger partial charge in [-0.05, 0) is 55.5 Å². The van der Waals surface area contributed by atoms with E-state index in [1.807, 2.05) is 36.4 Å². The summed E-state index contributed by atoms with van der Waals surface area (Å²) in [5.41, 5.74) is 1.77. The summed E-state index contributed by atoms with van der Waals surface area (Å²) in [4.78, 5) is 52.7. The molecule has 0 aliphatic carbocycles. The van der Waals surface area contributed by atoms with Gasteiger partial charge in [-0.25, -0.2) is 4.79 Å². The maximum atomic E-state index is 13.4. The number of aryl methyl sites for hydroxylation is 1. The van der Waals surface area contributed by atoms with Crippen molar-refractivity contribution in [1.82, 2.24) is 19.4 Å². The van der Waals surface area contributed by atoms with Crippen molar-refractivity contribution in [1.29, 1.82) is 0 Å². The van der Waals surface area contributed by atoms with E-state index in [2.05, 4.69) is 39.2 Å². The van der Waals surface area contributed by atoms with Gasteiger partial charge in [0.15, 0.2) is 0 Å². The molecular formula is C35H41ClN4O6. The van der Waals surface area contributed by atoms with E-state index < -0.39 is 29.7 Å². The lowest BCUT2D eigenvalue weighted by Gasteiger charge is -2.34. The average Bonchev–Trinajstić information content (AvgIpc) is 3.09. The van der Waals surface area contributed by atoms with Gasteiger partial charge >= 0.3 is 11.7 Å². The summed E-state index contributed by atoms with van der Waals surface area (Å²) < 4.78 is 13.7. The number of nitrogens with zero attached hydrogens (tertiary/aromatic N) is 3. The third kappa shape index (κ3) is 8.72. The van der Waals surface area contributed by atoms with E-state index in [0.29, 0.717) is 17.4 Å². The molecular weight excluding hydrogens is 608 g/mol. The Morgan fingerprint density at radius 3 is 2.04 bits per heavy atom. The fourth-order valence-corrected chi connectivity index (χ4v) is 5.84. The van der Waals surface area contributed by atoms with Gasteiger partial charge in [-0.2, -0.15) is 0 Å². The summed E-state index contributed by atoms with van der Waals surface area (Å²) in [6.45, 7) is 2.38. The topological polar surface area (TPSA) is 112 Å². The van der Waals surface area contributed by atoms with Crippen LogP contribution >= 0.6 is 12.4 Å². The quantitative estimate of drug-likeness (QED) is 0.173. The highest BCUT2D eigenvalue weighted by molar-refractivity contribution is 5.85. The summed E-state index contributed by atoms with van der Waals surface area (Å²) in [7, 11) is 1.21. The van der Waals surface area contributed by atoms with Gasteiger partial charge in [0.05, 0.1) is 24.1 Å². The molecule has 3 aromatic carbocycles. The molecule has 244 valence electrons. The highest BCUT2D eigenvalue weighted by atomic mass is 35.5. The zero-order chi connectivity index (χ0) is 31.6. The first-order valence-electron chi connectivity index (χ1n) is 15.5. The zero-order valence-corrected chi connectivity index (χ0v) is 26.8. The van der Waals surface area contributed by atoms with Crippen LogP contribution in [-0.2, 0) is 32.2 Å². The van der Waals surface area contributed by atoms with Gasteiger partial charge in [-0.15, -0.1) is 12.4 Å². The second kappa shape index (κ2) is 16.9. The number of esters is 1. The standard InChI is InChI=1S/C35H40N4O6.ClH/c1-44-32(41)24-36-31(40)25-39-34(42)29-16-8-9-17-30(29)38(35(39)43)21-11-10-20-37-22-18-28(19-23-37)45-33(26-12-4-2-5-13-26)27-14-6-3-7-15-27;/h2-9,12-17,28,33H,10-11,18-25H2,1H3,(H,36,40);1H. The lowest BCUT2D eigenvalue weighted by Crippen LogP contribution is -2.44. The van der Waals surface area contributed by atoms with Crippen molar-refractivity contribution in [2.45, 2.75) is 51.0 Å². The molecule has 0 atom stereocenters. The van der Waals surface area contributed by atoms with Crippen molar-refractivity contribution in [3.05, 3.63) is 117 Å². The Bertz CT molecular complexity index is 1660. The predicted octanol–water partition coefficient (Wildman–Crippen LogP) is 3.93. The molecule has 0 spiro atoms. The smallest absolute Gasteiger partial charge is 0.331 e. The molecule has 1 saturated heterocycles. The third-order valence-electron chi connectivity index (χ3n) is 8.27. The van der Waals surface area contributed by atoms with E-state index in [0.717, 1.165) is 61.0 Å². The molecule has 2 heterocycles. The fourth-order valence-electron chi connectivity index (χ4n) is 5.84. The number of unbranched alkanes of at least 4 members (excludes halogenated alkanes) is 1. The van der Waals surface area contributed by atoms with Crippen LogP contribution in [0, 0.1) is 0 Å². The number of likely N-dealkylation sites (tertiary alicyclic amines) is 1. The Labute approximate surface area is 274 Å². The number of carbonyl (C=O) groups excluding carboxylic acids is 2. The number of para-hydroxylation sites is 1. The number of piperidine rings is 1. The molecule has 1 aliphatic heterocycles. The molecule has 0 radical (unpaired) electrons. The molecule has 5 rings (SSSR count). The SMILES string of the molecule is COC(=O)CNC(=O)Cn1c(=O)c2ccccc2n(CCCCN2CCC(OC(c3ccccc3)c3ccccc3)CC2)c1=O.Cl. The minimum Gasteiger partial charge on any atom is -0.468 e. The van der Waals surface area contributed by atoms with Crippen LogP contribution in [0.1, 0.15) is 42.9 Å². The Balaban J connectivity index is 0.00000480. The van der Waals surface area contributed by atoms with E-state index >= 15 is 0 Å². The van der Waals surface area contributed by atoms with Gasteiger partial charge in [-0.1, -0.05) is 72.8 Å². The minimum atomic E-state index is -0.619. The van der Waals surface area contributed by atoms with E-state index in [4.69, 9.17) is 4.74 Å². The average molecular weight is 649 g/mol. The van der Waals surface area contributed by atoms with Crippen LogP contribution in [0.3, 0.4) is 0 Å². The second-order valence-corrected chi connectivity index (χ2v) is 11.3. The predicted molar refractivity (Wildman–Crippen MR) is 179 cm³/mol. The Hall–Kier alpha value is -4.25. The molecule has 1 N–H and O–H groups in total. The summed E-state index contributed by atoms with van der Waals surface area (Å²) in [6, 6.07) is 27.6. The lowest BCUT2D eigenvalue weighted by atomic mass is 10.00. The largest absolute Gasteiger partial charge is 0.468 e. The van der Waals surface area contributed by atoms with Crippen LogP contribution in [0.4, 0.5) is 0 Å².